The summed E-state index contributed by atoms with van der Waals surface area (Å²) < 4.78 is 16.7. The Balaban J connectivity index is 4.36. The van der Waals surface area contributed by atoms with E-state index in [4.69, 9.17) is 14.2 Å². The summed E-state index contributed by atoms with van der Waals surface area (Å²) in [7, 11) is 0. The molecule has 0 amide bonds. The van der Waals surface area contributed by atoms with E-state index in [1.165, 1.54) is 128 Å². The summed E-state index contributed by atoms with van der Waals surface area (Å²) >= 11 is 0. The van der Waals surface area contributed by atoms with Gasteiger partial charge in [0.2, 0.25) is 0 Å². The van der Waals surface area contributed by atoms with Crippen molar-refractivity contribution in [3.63, 3.8) is 0 Å². The first-order chi connectivity index (χ1) is 25.7. The molecule has 314 valence electrons. The van der Waals surface area contributed by atoms with Gasteiger partial charge in [0.15, 0.2) is 6.10 Å². The maximum atomic E-state index is 12.7. The molecule has 3 atom stereocenters. The summed E-state index contributed by atoms with van der Waals surface area (Å²) in [4.78, 5) is 37.7. The Morgan fingerprint density at radius 3 is 0.981 bits per heavy atom. The normalized spacial score (nSPS) is 13.2. The van der Waals surface area contributed by atoms with Gasteiger partial charge < -0.3 is 14.2 Å². The molecule has 53 heavy (non-hydrogen) atoms. The van der Waals surface area contributed by atoms with Gasteiger partial charge in [0, 0.05) is 19.3 Å². The Kier molecular flexibility index (Phi) is 37.5. The molecule has 0 aliphatic heterocycles. The zero-order valence-electron chi connectivity index (χ0n) is 36.3. The number of carbonyl (C=O) groups excluding carboxylic acids is 3. The lowest BCUT2D eigenvalue weighted by atomic mass is 9.99. The third-order valence-corrected chi connectivity index (χ3v) is 11.1. The van der Waals surface area contributed by atoms with Crippen molar-refractivity contribution in [1.29, 1.82) is 0 Å². The van der Waals surface area contributed by atoms with Crippen molar-refractivity contribution in [3.05, 3.63) is 0 Å². The van der Waals surface area contributed by atoms with E-state index in [1.807, 2.05) is 0 Å². The van der Waals surface area contributed by atoms with Crippen LogP contribution in [-0.4, -0.2) is 37.2 Å². The molecule has 6 heteroatoms. The van der Waals surface area contributed by atoms with E-state index in [-0.39, 0.29) is 31.1 Å². The topological polar surface area (TPSA) is 78.9 Å². The molecule has 0 aromatic rings. The second kappa shape index (κ2) is 38.7. The molecule has 0 heterocycles. The van der Waals surface area contributed by atoms with Crippen LogP contribution in [0.4, 0.5) is 0 Å². The van der Waals surface area contributed by atoms with E-state index in [2.05, 4.69) is 41.5 Å². The molecule has 0 aliphatic carbocycles. The lowest BCUT2D eigenvalue weighted by molar-refractivity contribution is -0.167. The zero-order chi connectivity index (χ0) is 39.2. The molecule has 2 unspecified atom stereocenters. The third kappa shape index (κ3) is 38.5. The van der Waals surface area contributed by atoms with Gasteiger partial charge in [-0.3, -0.25) is 14.4 Å². The quantitative estimate of drug-likeness (QED) is 0.0352. The lowest BCUT2D eigenvalue weighted by Gasteiger charge is -2.18. The number of hydrogen-bond acceptors (Lipinski definition) is 6. The number of rotatable bonds is 40. The summed E-state index contributed by atoms with van der Waals surface area (Å²) in [6.07, 6.45) is 35.1. The van der Waals surface area contributed by atoms with Crippen LogP contribution in [0.2, 0.25) is 0 Å². The van der Waals surface area contributed by atoms with Crippen molar-refractivity contribution in [2.24, 2.45) is 17.8 Å². The van der Waals surface area contributed by atoms with Gasteiger partial charge in [0.05, 0.1) is 0 Å². The lowest BCUT2D eigenvalue weighted by Crippen LogP contribution is -2.30. The highest BCUT2D eigenvalue weighted by molar-refractivity contribution is 5.71. The molecule has 0 aliphatic rings. The van der Waals surface area contributed by atoms with Gasteiger partial charge in [-0.15, -0.1) is 0 Å². The van der Waals surface area contributed by atoms with Crippen molar-refractivity contribution in [3.8, 4) is 0 Å². The van der Waals surface area contributed by atoms with Gasteiger partial charge >= 0.3 is 17.9 Å². The van der Waals surface area contributed by atoms with Gasteiger partial charge in [0.25, 0.3) is 0 Å². The summed E-state index contributed by atoms with van der Waals surface area (Å²) in [6.45, 7) is 13.7. The highest BCUT2D eigenvalue weighted by Gasteiger charge is 2.19. The van der Waals surface area contributed by atoms with E-state index < -0.39 is 6.10 Å². The van der Waals surface area contributed by atoms with Gasteiger partial charge in [0.1, 0.15) is 13.2 Å². The summed E-state index contributed by atoms with van der Waals surface area (Å²) in [5.74, 6) is 1.61. The van der Waals surface area contributed by atoms with Crippen LogP contribution in [0.25, 0.3) is 0 Å². The number of hydrogen-bond donors (Lipinski definition) is 0. The van der Waals surface area contributed by atoms with Gasteiger partial charge in [-0.05, 0) is 37.0 Å². The molecular formula is C47H90O6. The number of unbranched alkanes of at least 4 members (excludes halogenated alkanes) is 21. The number of esters is 3. The van der Waals surface area contributed by atoms with E-state index in [0.717, 1.165) is 75.5 Å². The molecule has 6 nitrogen and oxygen atoms in total. The van der Waals surface area contributed by atoms with Gasteiger partial charge in [-0.1, -0.05) is 208 Å². The van der Waals surface area contributed by atoms with E-state index >= 15 is 0 Å². The first kappa shape index (κ1) is 51.4. The fourth-order valence-corrected chi connectivity index (χ4v) is 6.81. The molecule has 0 rings (SSSR count). The van der Waals surface area contributed by atoms with Crippen LogP contribution in [0.5, 0.6) is 0 Å². The second-order valence-electron chi connectivity index (χ2n) is 17.0. The smallest absolute Gasteiger partial charge is 0.306 e. The standard InChI is InChI=1S/C47H90O6/c1-7-42(5)34-28-22-16-13-14-18-26-32-38-47(50)53-44(40-52-46(49)37-31-25-20-19-23-29-35-43(6)8-2)39-51-45(48)36-30-24-17-12-10-9-11-15-21-27-33-41(3)4/h41-44H,7-40H2,1-6H3/t42?,43?,44-/m1/s1. The average Bonchev–Trinajstić information content (AvgIpc) is 3.14. The van der Waals surface area contributed by atoms with Crippen LogP contribution >= 0.6 is 0 Å². The van der Waals surface area contributed by atoms with Crippen LogP contribution in [0, 0.1) is 17.8 Å². The first-order valence-corrected chi connectivity index (χ1v) is 23.2. The summed E-state index contributed by atoms with van der Waals surface area (Å²) in [5.41, 5.74) is 0. The van der Waals surface area contributed by atoms with Crippen LogP contribution in [-0.2, 0) is 28.6 Å². The highest BCUT2D eigenvalue weighted by atomic mass is 16.6. The molecular weight excluding hydrogens is 661 g/mol. The molecule has 0 N–H and O–H groups in total. The van der Waals surface area contributed by atoms with Gasteiger partial charge in [-0.2, -0.15) is 0 Å². The highest BCUT2D eigenvalue weighted by Crippen LogP contribution is 2.18. The fraction of sp³-hybridized carbons (Fsp3) is 0.936. The summed E-state index contributed by atoms with van der Waals surface area (Å²) in [5, 5.41) is 0. The Hall–Kier alpha value is -1.59. The molecule has 0 aromatic carbocycles. The monoisotopic (exact) mass is 751 g/mol. The van der Waals surface area contributed by atoms with Crippen LogP contribution in [0.3, 0.4) is 0 Å². The minimum Gasteiger partial charge on any atom is -0.462 e. The first-order valence-electron chi connectivity index (χ1n) is 23.2. The fourth-order valence-electron chi connectivity index (χ4n) is 6.81. The minimum atomic E-state index is -0.762. The molecule has 0 aromatic heterocycles. The largest absolute Gasteiger partial charge is 0.462 e. The number of carbonyl (C=O) groups is 3. The predicted octanol–water partition coefficient (Wildman–Crippen LogP) is 14.4. The second-order valence-corrected chi connectivity index (χ2v) is 17.0. The van der Waals surface area contributed by atoms with Crippen LogP contribution in [0.15, 0.2) is 0 Å². The maximum Gasteiger partial charge on any atom is 0.306 e. The maximum absolute atomic E-state index is 12.7. The van der Waals surface area contributed by atoms with Crippen molar-refractivity contribution in [1.82, 2.24) is 0 Å². The third-order valence-electron chi connectivity index (χ3n) is 11.1. The number of ether oxygens (including phenoxy) is 3. The van der Waals surface area contributed by atoms with E-state index in [1.54, 1.807) is 0 Å². The predicted molar refractivity (Wildman–Crippen MR) is 224 cm³/mol. The Morgan fingerprint density at radius 1 is 0.377 bits per heavy atom. The van der Waals surface area contributed by atoms with Crippen molar-refractivity contribution in [2.45, 2.75) is 253 Å². The molecule has 0 fully saturated rings. The molecule has 0 radical (unpaired) electrons. The van der Waals surface area contributed by atoms with Crippen LogP contribution in [0.1, 0.15) is 247 Å². The average molecular weight is 751 g/mol. The Labute approximate surface area is 329 Å². The van der Waals surface area contributed by atoms with Gasteiger partial charge in [-0.25, -0.2) is 0 Å². The molecule has 0 spiro atoms. The molecule has 0 saturated carbocycles. The van der Waals surface area contributed by atoms with Crippen molar-refractivity contribution in [2.75, 3.05) is 13.2 Å². The van der Waals surface area contributed by atoms with E-state index in [0.29, 0.717) is 19.3 Å². The van der Waals surface area contributed by atoms with E-state index in [9.17, 15) is 14.4 Å². The van der Waals surface area contributed by atoms with Crippen molar-refractivity contribution >= 4 is 17.9 Å². The van der Waals surface area contributed by atoms with Crippen molar-refractivity contribution < 1.29 is 28.6 Å². The molecule has 0 saturated heterocycles. The molecule has 0 bridgehead atoms. The Morgan fingerprint density at radius 2 is 0.660 bits per heavy atom. The summed E-state index contributed by atoms with van der Waals surface area (Å²) in [6, 6.07) is 0. The van der Waals surface area contributed by atoms with Crippen LogP contribution < -0.4 is 0 Å². The minimum absolute atomic E-state index is 0.0668. The zero-order valence-corrected chi connectivity index (χ0v) is 36.3. The Bertz CT molecular complexity index is 826. The SMILES string of the molecule is CCC(C)CCCCCCCCCCC(=O)O[C@H](COC(=O)CCCCCCCCCCCCC(C)C)COC(=O)CCCCCCCCC(C)CC.